The van der Waals surface area contributed by atoms with Crippen LogP contribution in [-0.2, 0) is 10.0 Å². The van der Waals surface area contributed by atoms with Gasteiger partial charge in [-0.15, -0.1) is 0 Å². The summed E-state index contributed by atoms with van der Waals surface area (Å²) in [6.45, 7) is 1.87. The van der Waals surface area contributed by atoms with Crippen LogP contribution in [0.3, 0.4) is 0 Å². The molecule has 1 aliphatic heterocycles. The molecule has 0 bridgehead atoms. The van der Waals surface area contributed by atoms with Gasteiger partial charge >= 0.3 is 0 Å². The van der Waals surface area contributed by atoms with Crippen LogP contribution >= 0.6 is 27.5 Å². The molecule has 3 atom stereocenters. The summed E-state index contributed by atoms with van der Waals surface area (Å²) in [5, 5.41) is 4.17. The Kier molecular flexibility index (Phi) is 6.12. The van der Waals surface area contributed by atoms with Crippen LogP contribution in [0.2, 0.25) is 5.02 Å². The number of nitrogens with one attached hydrogen (secondary N) is 2. The zero-order chi connectivity index (χ0) is 24.0. The number of ether oxygens (including phenoxy) is 1. The number of aryl methyl sites for hydroxylation is 1. The molecule has 1 aliphatic carbocycles. The Morgan fingerprint density at radius 3 is 2.68 bits per heavy atom. The number of methoxy groups -OCH3 is 1. The first kappa shape index (κ1) is 23.3. The van der Waals surface area contributed by atoms with Crippen LogP contribution in [0.15, 0.2) is 76.1 Å². The molecule has 0 saturated heterocycles. The van der Waals surface area contributed by atoms with Gasteiger partial charge in [-0.1, -0.05) is 45.7 Å². The highest BCUT2D eigenvalue weighted by Gasteiger charge is 2.39. The zero-order valence-corrected chi connectivity index (χ0v) is 21.8. The lowest BCUT2D eigenvalue weighted by molar-refractivity contribution is 0.381. The molecule has 1 heterocycles. The Hall–Kier alpha value is -2.48. The molecule has 0 radical (unpaired) electrons. The second-order valence-electron chi connectivity index (χ2n) is 8.68. The lowest BCUT2D eigenvalue weighted by Crippen LogP contribution is -2.29. The average molecular weight is 560 g/mol. The van der Waals surface area contributed by atoms with E-state index in [9.17, 15) is 8.42 Å². The molecule has 0 saturated carbocycles. The fourth-order valence-corrected chi connectivity index (χ4v) is 6.51. The second-order valence-corrected chi connectivity index (χ2v) is 11.7. The highest BCUT2D eigenvalue weighted by Crippen LogP contribution is 2.51. The number of halogens is 2. The van der Waals surface area contributed by atoms with Crippen molar-refractivity contribution in [3.63, 3.8) is 0 Å². The van der Waals surface area contributed by atoms with Crippen molar-refractivity contribution in [1.29, 1.82) is 0 Å². The van der Waals surface area contributed by atoms with E-state index in [4.69, 9.17) is 16.3 Å². The molecule has 3 aromatic carbocycles. The van der Waals surface area contributed by atoms with Crippen LogP contribution in [0.25, 0.3) is 0 Å². The third-order valence-electron chi connectivity index (χ3n) is 6.60. The Bertz CT molecular complexity index is 1410. The van der Waals surface area contributed by atoms with E-state index in [2.05, 4.69) is 44.2 Å². The molecule has 0 aromatic heterocycles. The van der Waals surface area contributed by atoms with Crippen molar-refractivity contribution in [2.75, 3.05) is 17.1 Å². The summed E-state index contributed by atoms with van der Waals surface area (Å²) < 4.78 is 35.6. The van der Waals surface area contributed by atoms with E-state index in [1.165, 1.54) is 0 Å². The van der Waals surface area contributed by atoms with Crippen LogP contribution in [-0.4, -0.2) is 15.5 Å². The lowest BCUT2D eigenvalue weighted by atomic mass is 9.77. The van der Waals surface area contributed by atoms with Crippen LogP contribution in [0, 0.1) is 12.8 Å². The number of benzene rings is 3. The standard InChI is InChI=1S/C26H24BrClN2O3S/c1-15-6-8-17(13-23(15)28)30-34(31,32)18-9-10-24-21(14-18)19-4-3-5-20(19)26(29-24)22-12-16(27)7-11-25(22)33-2/h3-4,6-14,19-20,26,29-30H,5H2,1-2H3/t19-,20+,26-/m0/s1. The highest BCUT2D eigenvalue weighted by atomic mass is 79.9. The molecule has 34 heavy (non-hydrogen) atoms. The van der Waals surface area contributed by atoms with Gasteiger partial charge in [-0.05, 0) is 78.9 Å². The molecule has 3 aromatic rings. The van der Waals surface area contributed by atoms with E-state index in [1.807, 2.05) is 25.1 Å². The first-order chi connectivity index (χ1) is 16.3. The largest absolute Gasteiger partial charge is 0.496 e. The van der Waals surface area contributed by atoms with Crippen molar-refractivity contribution in [1.82, 2.24) is 0 Å². The molecule has 5 nitrogen and oxygen atoms in total. The van der Waals surface area contributed by atoms with Gasteiger partial charge in [0.25, 0.3) is 10.0 Å². The predicted octanol–water partition coefficient (Wildman–Crippen LogP) is 7.05. The van der Waals surface area contributed by atoms with Gasteiger partial charge in [0.15, 0.2) is 0 Å². The monoisotopic (exact) mass is 558 g/mol. The quantitative estimate of drug-likeness (QED) is 0.329. The van der Waals surface area contributed by atoms with Crippen molar-refractivity contribution in [2.24, 2.45) is 5.92 Å². The summed E-state index contributed by atoms with van der Waals surface area (Å²) in [4.78, 5) is 0.224. The van der Waals surface area contributed by atoms with Crippen molar-refractivity contribution < 1.29 is 13.2 Å². The van der Waals surface area contributed by atoms with E-state index in [0.29, 0.717) is 10.7 Å². The minimum atomic E-state index is -3.77. The summed E-state index contributed by atoms with van der Waals surface area (Å²) in [6.07, 6.45) is 5.26. The summed E-state index contributed by atoms with van der Waals surface area (Å²) >= 11 is 9.76. The number of fused-ring (bicyclic) bond motifs is 3. The van der Waals surface area contributed by atoms with E-state index < -0.39 is 10.0 Å². The van der Waals surface area contributed by atoms with E-state index >= 15 is 0 Å². The van der Waals surface area contributed by atoms with E-state index in [-0.39, 0.29) is 22.8 Å². The molecule has 2 aliphatic rings. The van der Waals surface area contributed by atoms with E-state index in [1.54, 1.807) is 37.4 Å². The summed E-state index contributed by atoms with van der Waals surface area (Å²) in [5.74, 6) is 1.18. The molecule has 5 rings (SSSR count). The SMILES string of the molecule is COc1ccc(Br)cc1[C@H]1Nc2ccc(S(=O)(=O)Nc3ccc(C)c(Cl)c3)cc2[C@H]2C=CC[C@H]21. The smallest absolute Gasteiger partial charge is 0.261 e. The van der Waals surface area contributed by atoms with Gasteiger partial charge in [-0.25, -0.2) is 8.42 Å². The minimum absolute atomic E-state index is 0.0373. The summed E-state index contributed by atoms with van der Waals surface area (Å²) in [5.41, 5.74) is 4.31. The van der Waals surface area contributed by atoms with Gasteiger partial charge in [0.2, 0.25) is 0 Å². The molecule has 176 valence electrons. The van der Waals surface area contributed by atoms with E-state index in [0.717, 1.165) is 39.0 Å². The van der Waals surface area contributed by atoms with Gasteiger partial charge in [-0.3, -0.25) is 4.72 Å². The average Bonchev–Trinajstić information content (AvgIpc) is 3.31. The van der Waals surface area contributed by atoms with Crippen molar-refractivity contribution in [2.45, 2.75) is 30.2 Å². The maximum absolute atomic E-state index is 13.2. The van der Waals surface area contributed by atoms with Gasteiger partial charge in [0.05, 0.1) is 23.7 Å². The Balaban J connectivity index is 1.50. The number of sulfonamides is 1. The highest BCUT2D eigenvalue weighted by molar-refractivity contribution is 9.10. The molecule has 8 heteroatoms. The zero-order valence-electron chi connectivity index (χ0n) is 18.7. The first-order valence-corrected chi connectivity index (χ1v) is 13.6. The number of hydrogen-bond donors (Lipinski definition) is 2. The Morgan fingerprint density at radius 2 is 1.91 bits per heavy atom. The molecular formula is C26H24BrClN2O3S. The maximum atomic E-state index is 13.2. The molecule has 0 amide bonds. The maximum Gasteiger partial charge on any atom is 0.261 e. The number of allylic oxidation sites excluding steroid dienone is 2. The first-order valence-electron chi connectivity index (χ1n) is 11.0. The third kappa shape index (κ3) is 4.21. The van der Waals surface area contributed by atoms with Gasteiger partial charge in [0, 0.05) is 26.7 Å². The Morgan fingerprint density at radius 1 is 1.09 bits per heavy atom. The molecular weight excluding hydrogens is 536 g/mol. The van der Waals surface area contributed by atoms with Crippen LogP contribution in [0.4, 0.5) is 11.4 Å². The van der Waals surface area contributed by atoms with Crippen LogP contribution < -0.4 is 14.8 Å². The summed E-state index contributed by atoms with van der Waals surface area (Å²) in [6, 6.07) is 16.5. The summed E-state index contributed by atoms with van der Waals surface area (Å²) in [7, 11) is -2.09. The van der Waals surface area contributed by atoms with Crippen LogP contribution in [0.1, 0.15) is 35.1 Å². The molecule has 2 N–H and O–H groups in total. The Labute approximate surface area is 213 Å². The fraction of sp³-hybridized carbons (Fsp3) is 0.231. The third-order valence-corrected chi connectivity index (χ3v) is 8.87. The molecule has 0 fully saturated rings. The molecule has 0 spiro atoms. The van der Waals surface area contributed by atoms with Gasteiger partial charge in [0.1, 0.15) is 5.75 Å². The van der Waals surface area contributed by atoms with Crippen molar-refractivity contribution >= 4 is 48.9 Å². The van der Waals surface area contributed by atoms with Gasteiger partial charge < -0.3 is 10.1 Å². The number of rotatable bonds is 5. The van der Waals surface area contributed by atoms with Crippen molar-refractivity contribution in [3.8, 4) is 5.75 Å². The lowest BCUT2D eigenvalue weighted by Gasteiger charge is -2.38. The molecule has 0 unspecified atom stereocenters. The second kappa shape index (κ2) is 8.95. The van der Waals surface area contributed by atoms with Crippen LogP contribution in [0.5, 0.6) is 5.75 Å². The fourth-order valence-electron chi connectivity index (χ4n) is 4.87. The number of anilines is 2. The number of hydrogen-bond acceptors (Lipinski definition) is 4. The van der Waals surface area contributed by atoms with Gasteiger partial charge in [-0.2, -0.15) is 0 Å². The topological polar surface area (TPSA) is 67.4 Å². The predicted molar refractivity (Wildman–Crippen MR) is 140 cm³/mol. The van der Waals surface area contributed by atoms with Crippen molar-refractivity contribution in [3.05, 3.63) is 92.9 Å². The minimum Gasteiger partial charge on any atom is -0.496 e. The normalized spacial score (nSPS) is 20.9.